The van der Waals surface area contributed by atoms with Crippen molar-refractivity contribution in [1.82, 2.24) is 4.90 Å². The van der Waals surface area contributed by atoms with Crippen LogP contribution in [0.15, 0.2) is 27.7 Å². The third-order valence-corrected chi connectivity index (χ3v) is 4.10. The third-order valence-electron chi connectivity index (χ3n) is 3.61. The number of rotatable bonds is 7. The number of isocyanates is 1. The van der Waals surface area contributed by atoms with Crippen molar-refractivity contribution in [2.75, 3.05) is 26.7 Å². The van der Waals surface area contributed by atoms with Crippen molar-refractivity contribution in [2.24, 2.45) is 4.99 Å². The van der Waals surface area contributed by atoms with E-state index in [2.05, 4.69) is 20.9 Å². The zero-order valence-corrected chi connectivity index (χ0v) is 18.1. The highest BCUT2D eigenvalue weighted by Gasteiger charge is 2.42. The molecule has 0 aliphatic rings. The maximum Gasteiger partial charge on any atom is 0.397 e. The summed E-state index contributed by atoms with van der Waals surface area (Å²) in [7, 11) is 1.36. The van der Waals surface area contributed by atoms with Crippen LogP contribution in [0.5, 0.6) is 0 Å². The predicted molar refractivity (Wildman–Crippen MR) is 104 cm³/mol. The number of hydrogen-bond acceptors (Lipinski definition) is 6. The van der Waals surface area contributed by atoms with E-state index in [4.69, 9.17) is 9.47 Å². The molecular formula is C19H24BrFN2O5. The molecule has 1 atom stereocenters. The monoisotopic (exact) mass is 458 g/mol. The quantitative estimate of drug-likeness (QED) is 0.271. The van der Waals surface area contributed by atoms with Crippen LogP contribution in [0.2, 0.25) is 0 Å². The maximum atomic E-state index is 14.8. The maximum absolute atomic E-state index is 14.8. The molecule has 28 heavy (non-hydrogen) atoms. The molecule has 1 rings (SSSR count). The number of nitrogens with zero attached hydrogens (tertiary/aromatic N) is 2. The minimum Gasteiger partial charge on any atom is -0.459 e. The van der Waals surface area contributed by atoms with Crippen molar-refractivity contribution in [3.8, 4) is 0 Å². The summed E-state index contributed by atoms with van der Waals surface area (Å²) in [6.45, 7) is 6.30. The number of halogens is 2. The minimum atomic E-state index is -1.54. The fourth-order valence-electron chi connectivity index (χ4n) is 2.74. The van der Waals surface area contributed by atoms with Gasteiger partial charge in [0, 0.05) is 17.1 Å². The summed E-state index contributed by atoms with van der Waals surface area (Å²) in [6.07, 6.45) is 1.42. The summed E-state index contributed by atoms with van der Waals surface area (Å²) in [5.74, 6) is -2.57. The highest BCUT2D eigenvalue weighted by atomic mass is 79.9. The zero-order chi connectivity index (χ0) is 21.5. The average Bonchev–Trinajstić information content (AvgIpc) is 2.59. The van der Waals surface area contributed by atoms with Gasteiger partial charge >= 0.3 is 11.9 Å². The molecule has 1 unspecified atom stereocenters. The number of carbonyl (C=O) groups excluding carboxylic acids is 3. The molecule has 1 amide bonds. The molecule has 9 heteroatoms. The molecule has 0 aliphatic heterocycles. The van der Waals surface area contributed by atoms with Crippen molar-refractivity contribution in [2.45, 2.75) is 38.9 Å². The first-order chi connectivity index (χ1) is 13.0. The minimum absolute atomic E-state index is 0.0394. The summed E-state index contributed by atoms with van der Waals surface area (Å²) in [5.41, 5.74) is -2.25. The van der Waals surface area contributed by atoms with Crippen molar-refractivity contribution in [1.29, 1.82) is 0 Å². The van der Waals surface area contributed by atoms with E-state index in [1.165, 1.54) is 31.3 Å². The molecule has 7 nitrogen and oxygen atoms in total. The molecule has 0 N–H and O–H groups in total. The molecule has 0 heterocycles. The van der Waals surface area contributed by atoms with Gasteiger partial charge in [0.05, 0.1) is 25.3 Å². The van der Waals surface area contributed by atoms with Gasteiger partial charge in [-0.1, -0.05) is 15.9 Å². The van der Waals surface area contributed by atoms with Gasteiger partial charge in [-0.3, -0.25) is 4.79 Å². The summed E-state index contributed by atoms with van der Waals surface area (Å²) in [6, 6.07) is 4.24. The van der Waals surface area contributed by atoms with Gasteiger partial charge in [0.2, 0.25) is 6.08 Å². The Kier molecular flexibility index (Phi) is 8.48. The number of carbonyl (C=O) groups is 2. The second-order valence-corrected chi connectivity index (χ2v) is 8.04. The molecule has 0 saturated heterocycles. The van der Waals surface area contributed by atoms with E-state index in [1.54, 1.807) is 27.7 Å². The first-order valence-corrected chi connectivity index (χ1v) is 9.36. The van der Waals surface area contributed by atoms with Gasteiger partial charge in [0.15, 0.2) is 0 Å². The summed E-state index contributed by atoms with van der Waals surface area (Å²) in [4.78, 5) is 39.6. The summed E-state index contributed by atoms with van der Waals surface area (Å²) >= 11 is 3.29. The second kappa shape index (κ2) is 9.91. The molecule has 0 aliphatic carbocycles. The van der Waals surface area contributed by atoms with Crippen molar-refractivity contribution < 1.29 is 28.2 Å². The lowest BCUT2D eigenvalue weighted by molar-refractivity contribution is -0.167. The largest absolute Gasteiger partial charge is 0.459 e. The fraction of sp³-hybridized carbons (Fsp3) is 0.526. The van der Waals surface area contributed by atoms with E-state index in [-0.39, 0.29) is 25.3 Å². The van der Waals surface area contributed by atoms with E-state index in [9.17, 15) is 18.8 Å². The van der Waals surface area contributed by atoms with Gasteiger partial charge in [-0.05, 0) is 45.9 Å². The number of hydrogen-bond donors (Lipinski definition) is 0. The Morgan fingerprint density at radius 2 is 1.96 bits per heavy atom. The van der Waals surface area contributed by atoms with Crippen LogP contribution in [0.3, 0.4) is 0 Å². The molecule has 0 spiro atoms. The first-order valence-electron chi connectivity index (χ1n) is 8.57. The topological polar surface area (TPSA) is 85.3 Å². The van der Waals surface area contributed by atoms with E-state index in [0.717, 1.165) is 4.90 Å². The first kappa shape index (κ1) is 23.9. The fourth-order valence-corrected chi connectivity index (χ4v) is 3.10. The van der Waals surface area contributed by atoms with Crippen molar-refractivity contribution >= 4 is 33.9 Å². The van der Waals surface area contributed by atoms with E-state index in [0.29, 0.717) is 4.47 Å². The molecule has 1 aromatic carbocycles. The van der Waals surface area contributed by atoms with Gasteiger partial charge in [-0.25, -0.2) is 19.0 Å². The Morgan fingerprint density at radius 3 is 2.50 bits per heavy atom. The van der Waals surface area contributed by atoms with Crippen LogP contribution >= 0.6 is 15.9 Å². The molecular weight excluding hydrogens is 435 g/mol. The van der Waals surface area contributed by atoms with Crippen LogP contribution < -0.4 is 0 Å². The molecule has 0 fully saturated rings. The Morgan fingerprint density at radius 1 is 1.32 bits per heavy atom. The Bertz CT molecular complexity index is 774. The standard InChI is InChI=1S/C19H24BrFN2O5/c1-6-27-17(26)16(25)23(5)11-19(10-22-12-24,28-18(2,3)4)14-9-13(20)7-8-15(14)21/h7-9H,6,10-11H2,1-5H3. The van der Waals surface area contributed by atoms with Crippen LogP contribution in [-0.2, 0) is 29.5 Å². The van der Waals surface area contributed by atoms with Gasteiger partial charge in [0.25, 0.3) is 0 Å². The number of benzene rings is 1. The summed E-state index contributed by atoms with van der Waals surface area (Å²) in [5, 5.41) is 0. The molecule has 154 valence electrons. The van der Waals surface area contributed by atoms with E-state index < -0.39 is 28.9 Å². The molecule has 0 saturated carbocycles. The second-order valence-electron chi connectivity index (χ2n) is 7.12. The number of esters is 1. The number of ether oxygens (including phenoxy) is 2. The summed E-state index contributed by atoms with van der Waals surface area (Å²) < 4.78 is 26.2. The van der Waals surface area contributed by atoms with Crippen LogP contribution in [-0.4, -0.2) is 55.2 Å². The van der Waals surface area contributed by atoms with E-state index in [1.807, 2.05) is 0 Å². The van der Waals surface area contributed by atoms with Crippen molar-refractivity contribution in [3.63, 3.8) is 0 Å². The third kappa shape index (κ3) is 6.51. The lowest BCUT2D eigenvalue weighted by Gasteiger charge is -2.41. The van der Waals surface area contributed by atoms with Crippen LogP contribution in [0.1, 0.15) is 33.3 Å². The highest BCUT2D eigenvalue weighted by Crippen LogP contribution is 2.35. The van der Waals surface area contributed by atoms with Crippen LogP contribution in [0.25, 0.3) is 0 Å². The number of amides is 1. The van der Waals surface area contributed by atoms with Gasteiger partial charge in [-0.15, -0.1) is 0 Å². The number of likely N-dealkylation sites (N-methyl/N-ethyl adjacent to an activating group) is 1. The smallest absolute Gasteiger partial charge is 0.397 e. The predicted octanol–water partition coefficient (Wildman–Crippen LogP) is 2.96. The molecule has 0 bridgehead atoms. The Hall–Kier alpha value is -2.09. The zero-order valence-electron chi connectivity index (χ0n) is 16.5. The van der Waals surface area contributed by atoms with E-state index >= 15 is 0 Å². The van der Waals surface area contributed by atoms with Crippen LogP contribution in [0, 0.1) is 5.82 Å². The van der Waals surface area contributed by atoms with Crippen molar-refractivity contribution in [3.05, 3.63) is 34.1 Å². The lowest BCUT2D eigenvalue weighted by atomic mass is 9.90. The number of aliphatic imine (C=N–C) groups is 1. The molecule has 1 aromatic rings. The van der Waals surface area contributed by atoms with Gasteiger partial charge in [-0.2, -0.15) is 0 Å². The molecule has 0 radical (unpaired) electrons. The lowest BCUT2D eigenvalue weighted by Crippen LogP contribution is -2.51. The normalized spacial score (nSPS) is 13.2. The Balaban J connectivity index is 3.50. The van der Waals surface area contributed by atoms with Crippen LogP contribution in [0.4, 0.5) is 4.39 Å². The SMILES string of the molecule is CCOC(=O)C(=O)N(C)CC(CN=C=O)(OC(C)(C)C)c1cc(Br)ccc1F. The van der Waals surface area contributed by atoms with Gasteiger partial charge in [0.1, 0.15) is 11.4 Å². The molecule has 0 aromatic heterocycles. The average molecular weight is 459 g/mol. The highest BCUT2D eigenvalue weighted by molar-refractivity contribution is 9.10. The van der Waals surface area contributed by atoms with Gasteiger partial charge < -0.3 is 14.4 Å². The Labute approximate surface area is 172 Å².